The Balaban J connectivity index is 2.37. The van der Waals surface area contributed by atoms with Gasteiger partial charge in [-0.3, -0.25) is 4.79 Å². The molecule has 0 aromatic carbocycles. The molecular formula is C13H24O2. The van der Waals surface area contributed by atoms with Crippen LogP contribution < -0.4 is 0 Å². The van der Waals surface area contributed by atoms with Crippen LogP contribution in [0.1, 0.15) is 64.7 Å². The summed E-state index contributed by atoms with van der Waals surface area (Å²) in [5.74, 6) is 0.818. The zero-order valence-corrected chi connectivity index (χ0v) is 9.87. The fourth-order valence-electron chi connectivity index (χ4n) is 2.86. The fourth-order valence-corrected chi connectivity index (χ4v) is 2.86. The lowest BCUT2D eigenvalue weighted by Crippen LogP contribution is -2.15. The van der Waals surface area contributed by atoms with Gasteiger partial charge in [-0.2, -0.15) is 0 Å². The van der Waals surface area contributed by atoms with E-state index in [0.717, 1.165) is 18.8 Å². The van der Waals surface area contributed by atoms with E-state index in [-0.39, 0.29) is 0 Å². The maximum atomic E-state index is 10.6. The Kier molecular flexibility index (Phi) is 5.74. The highest BCUT2D eigenvalue weighted by atomic mass is 16.4. The molecule has 1 fully saturated rings. The second-order valence-corrected chi connectivity index (χ2v) is 4.85. The van der Waals surface area contributed by atoms with E-state index in [4.69, 9.17) is 5.11 Å². The van der Waals surface area contributed by atoms with Crippen molar-refractivity contribution in [2.24, 2.45) is 11.8 Å². The second kappa shape index (κ2) is 6.86. The predicted octanol–water partition coefficient (Wildman–Crippen LogP) is 3.85. The van der Waals surface area contributed by atoms with E-state index in [2.05, 4.69) is 6.92 Å². The van der Waals surface area contributed by atoms with Crippen molar-refractivity contribution in [3.8, 4) is 0 Å². The van der Waals surface area contributed by atoms with Gasteiger partial charge in [-0.25, -0.2) is 0 Å². The third kappa shape index (κ3) is 4.67. The minimum absolute atomic E-state index is 0.356. The number of rotatable bonds is 5. The van der Waals surface area contributed by atoms with Gasteiger partial charge in [-0.05, 0) is 18.3 Å². The monoisotopic (exact) mass is 212 g/mol. The van der Waals surface area contributed by atoms with Crippen LogP contribution in [0.5, 0.6) is 0 Å². The summed E-state index contributed by atoms with van der Waals surface area (Å²) in [5, 5.41) is 8.71. The fraction of sp³-hybridized carbons (Fsp3) is 0.923. The van der Waals surface area contributed by atoms with Crippen LogP contribution in [0.15, 0.2) is 0 Å². The number of carboxylic acid groups (broad SMARTS) is 1. The van der Waals surface area contributed by atoms with Crippen LogP contribution in [0.4, 0.5) is 0 Å². The van der Waals surface area contributed by atoms with Crippen molar-refractivity contribution in [1.82, 2.24) is 0 Å². The van der Waals surface area contributed by atoms with Gasteiger partial charge in [0.15, 0.2) is 0 Å². The minimum atomic E-state index is -0.637. The molecule has 1 aliphatic carbocycles. The van der Waals surface area contributed by atoms with Crippen molar-refractivity contribution < 1.29 is 9.90 Å². The maximum absolute atomic E-state index is 10.6. The molecule has 0 amide bonds. The molecular weight excluding hydrogens is 188 g/mol. The van der Waals surface area contributed by atoms with Gasteiger partial charge in [0.05, 0.1) is 0 Å². The van der Waals surface area contributed by atoms with Gasteiger partial charge in [-0.1, -0.05) is 51.9 Å². The average molecular weight is 212 g/mol. The Morgan fingerprint density at radius 1 is 1.27 bits per heavy atom. The molecule has 1 atom stereocenters. The average Bonchev–Trinajstić information content (AvgIpc) is 2.47. The Morgan fingerprint density at radius 3 is 2.33 bits per heavy atom. The molecule has 15 heavy (non-hydrogen) atoms. The van der Waals surface area contributed by atoms with E-state index in [0.29, 0.717) is 12.3 Å². The summed E-state index contributed by atoms with van der Waals surface area (Å²) in [5.41, 5.74) is 0. The van der Waals surface area contributed by atoms with Gasteiger partial charge in [0.2, 0.25) is 0 Å². The Labute approximate surface area is 93.1 Å². The molecule has 0 aromatic rings. The van der Waals surface area contributed by atoms with Gasteiger partial charge in [0, 0.05) is 6.42 Å². The minimum Gasteiger partial charge on any atom is -0.481 e. The van der Waals surface area contributed by atoms with Gasteiger partial charge >= 0.3 is 5.97 Å². The maximum Gasteiger partial charge on any atom is 0.303 e. The van der Waals surface area contributed by atoms with Gasteiger partial charge in [-0.15, -0.1) is 0 Å². The van der Waals surface area contributed by atoms with Crippen molar-refractivity contribution in [2.75, 3.05) is 0 Å². The summed E-state index contributed by atoms with van der Waals surface area (Å²) in [6, 6.07) is 0. The van der Waals surface area contributed by atoms with Gasteiger partial charge in [0.25, 0.3) is 0 Å². The molecule has 1 N–H and O–H groups in total. The lowest BCUT2D eigenvalue weighted by molar-refractivity contribution is -0.137. The topological polar surface area (TPSA) is 37.3 Å². The smallest absolute Gasteiger partial charge is 0.303 e. The molecule has 0 spiro atoms. The predicted molar refractivity (Wildman–Crippen MR) is 61.8 cm³/mol. The standard InChI is InChI=1S/C13H24O2/c1-2-11(9-10-13(14)15)12-7-5-3-4-6-8-12/h11-12H,2-10H2,1H3,(H,14,15). The summed E-state index contributed by atoms with van der Waals surface area (Å²) in [4.78, 5) is 10.6. The summed E-state index contributed by atoms with van der Waals surface area (Å²) in [7, 11) is 0. The summed E-state index contributed by atoms with van der Waals surface area (Å²) in [6.07, 6.45) is 10.5. The molecule has 1 rings (SSSR count). The zero-order valence-electron chi connectivity index (χ0n) is 9.87. The Hall–Kier alpha value is -0.530. The van der Waals surface area contributed by atoms with Crippen LogP contribution in [-0.2, 0) is 4.79 Å². The van der Waals surface area contributed by atoms with Crippen LogP contribution in [0.25, 0.3) is 0 Å². The first-order chi connectivity index (χ1) is 7.24. The molecule has 88 valence electrons. The number of hydrogen-bond acceptors (Lipinski definition) is 1. The molecule has 0 aliphatic heterocycles. The normalized spacial score (nSPS) is 20.9. The van der Waals surface area contributed by atoms with E-state index in [1.54, 1.807) is 0 Å². The van der Waals surface area contributed by atoms with E-state index in [1.807, 2.05) is 0 Å². The summed E-state index contributed by atoms with van der Waals surface area (Å²) >= 11 is 0. The van der Waals surface area contributed by atoms with Crippen molar-refractivity contribution in [2.45, 2.75) is 64.7 Å². The lowest BCUT2D eigenvalue weighted by atomic mass is 9.81. The summed E-state index contributed by atoms with van der Waals surface area (Å²) < 4.78 is 0. The third-order valence-electron chi connectivity index (χ3n) is 3.82. The Morgan fingerprint density at radius 2 is 1.87 bits per heavy atom. The van der Waals surface area contributed by atoms with Crippen molar-refractivity contribution in [1.29, 1.82) is 0 Å². The highest BCUT2D eigenvalue weighted by Gasteiger charge is 2.21. The first-order valence-electron chi connectivity index (χ1n) is 6.45. The van der Waals surface area contributed by atoms with E-state index in [9.17, 15) is 4.79 Å². The second-order valence-electron chi connectivity index (χ2n) is 4.85. The highest BCUT2D eigenvalue weighted by Crippen LogP contribution is 2.33. The molecule has 0 saturated heterocycles. The third-order valence-corrected chi connectivity index (χ3v) is 3.82. The molecule has 0 aromatic heterocycles. The van der Waals surface area contributed by atoms with Crippen LogP contribution in [0.3, 0.4) is 0 Å². The van der Waals surface area contributed by atoms with E-state index < -0.39 is 5.97 Å². The van der Waals surface area contributed by atoms with Crippen LogP contribution in [0.2, 0.25) is 0 Å². The number of hydrogen-bond donors (Lipinski definition) is 1. The van der Waals surface area contributed by atoms with E-state index >= 15 is 0 Å². The number of aliphatic carboxylic acids is 1. The van der Waals surface area contributed by atoms with Crippen LogP contribution >= 0.6 is 0 Å². The quantitative estimate of drug-likeness (QED) is 0.703. The molecule has 2 nitrogen and oxygen atoms in total. The molecule has 2 heteroatoms. The summed E-state index contributed by atoms with van der Waals surface area (Å²) in [6.45, 7) is 2.21. The van der Waals surface area contributed by atoms with Crippen LogP contribution in [-0.4, -0.2) is 11.1 Å². The largest absolute Gasteiger partial charge is 0.481 e. The highest BCUT2D eigenvalue weighted by molar-refractivity contribution is 5.66. The molecule has 0 bridgehead atoms. The van der Waals surface area contributed by atoms with E-state index in [1.165, 1.54) is 38.5 Å². The zero-order chi connectivity index (χ0) is 11.1. The van der Waals surface area contributed by atoms with Crippen molar-refractivity contribution in [3.63, 3.8) is 0 Å². The lowest BCUT2D eigenvalue weighted by Gasteiger charge is -2.24. The first-order valence-corrected chi connectivity index (χ1v) is 6.45. The van der Waals surface area contributed by atoms with Crippen molar-refractivity contribution >= 4 is 5.97 Å². The molecule has 1 saturated carbocycles. The SMILES string of the molecule is CCC(CCC(=O)O)C1CCCCCC1. The first kappa shape index (κ1) is 12.5. The van der Waals surface area contributed by atoms with Crippen molar-refractivity contribution in [3.05, 3.63) is 0 Å². The Bertz CT molecular complexity index is 181. The molecule has 1 unspecified atom stereocenters. The van der Waals surface area contributed by atoms with Gasteiger partial charge in [0.1, 0.15) is 0 Å². The van der Waals surface area contributed by atoms with Crippen LogP contribution in [0, 0.1) is 11.8 Å². The number of carbonyl (C=O) groups is 1. The van der Waals surface area contributed by atoms with Gasteiger partial charge < -0.3 is 5.11 Å². The molecule has 0 radical (unpaired) electrons. The molecule has 1 aliphatic rings. The number of carboxylic acids is 1. The molecule has 0 heterocycles.